The van der Waals surface area contributed by atoms with Gasteiger partial charge in [-0.1, -0.05) is 18.2 Å². The van der Waals surface area contributed by atoms with Gasteiger partial charge in [-0.15, -0.1) is 0 Å². The number of nitrogens with zero attached hydrogens (tertiary/aromatic N) is 3. The van der Waals surface area contributed by atoms with Crippen molar-refractivity contribution in [2.75, 3.05) is 19.6 Å². The van der Waals surface area contributed by atoms with Gasteiger partial charge in [-0.3, -0.25) is 14.6 Å². The highest BCUT2D eigenvalue weighted by atomic mass is 16.5. The van der Waals surface area contributed by atoms with Gasteiger partial charge < -0.3 is 14.5 Å². The minimum atomic E-state index is -0.255. The molecule has 140 valence electrons. The zero-order valence-corrected chi connectivity index (χ0v) is 15.4. The van der Waals surface area contributed by atoms with E-state index in [2.05, 4.69) is 4.98 Å². The van der Waals surface area contributed by atoms with E-state index in [4.69, 9.17) is 4.74 Å². The van der Waals surface area contributed by atoms with Crippen LogP contribution in [0.5, 0.6) is 5.75 Å². The van der Waals surface area contributed by atoms with Gasteiger partial charge in [0.15, 0.2) is 0 Å². The molecule has 1 atom stereocenters. The molecule has 6 heteroatoms. The fourth-order valence-electron chi connectivity index (χ4n) is 3.63. The Morgan fingerprint density at radius 3 is 2.81 bits per heavy atom. The van der Waals surface area contributed by atoms with Gasteiger partial charge in [0.05, 0.1) is 19.0 Å². The molecule has 1 aromatic heterocycles. The molecule has 2 aliphatic heterocycles. The minimum Gasteiger partial charge on any atom is -0.487 e. The predicted octanol–water partition coefficient (Wildman–Crippen LogP) is 2.03. The lowest BCUT2D eigenvalue weighted by Crippen LogP contribution is -2.57. The number of likely N-dealkylation sites (tertiary alicyclic amines) is 2. The second-order valence-electron chi connectivity index (χ2n) is 7.34. The molecule has 6 nitrogen and oxygen atoms in total. The summed E-state index contributed by atoms with van der Waals surface area (Å²) in [6.45, 7) is 4.18. The normalized spacial score (nSPS) is 19.9. The standard InChI is InChI=1S/C21H23N3O3/c1-15-4-2-6-18(8-15)27-19-13-24(14-19)21(26)17-9-20(25)23(12-17)11-16-5-3-7-22-10-16/h2-8,10,17,19H,9,11-14H2,1H3. The molecule has 0 N–H and O–H groups in total. The van der Waals surface area contributed by atoms with Crippen LogP contribution in [0.3, 0.4) is 0 Å². The Labute approximate surface area is 158 Å². The molecule has 0 saturated carbocycles. The number of hydrogen-bond donors (Lipinski definition) is 0. The third-order valence-corrected chi connectivity index (χ3v) is 5.11. The Morgan fingerprint density at radius 1 is 1.22 bits per heavy atom. The average Bonchev–Trinajstić information content (AvgIpc) is 2.99. The van der Waals surface area contributed by atoms with Crippen molar-refractivity contribution in [3.8, 4) is 5.75 Å². The summed E-state index contributed by atoms with van der Waals surface area (Å²) < 4.78 is 5.92. The fraction of sp³-hybridized carbons (Fsp3) is 0.381. The highest BCUT2D eigenvalue weighted by Gasteiger charge is 2.41. The third-order valence-electron chi connectivity index (χ3n) is 5.11. The summed E-state index contributed by atoms with van der Waals surface area (Å²) in [6.07, 6.45) is 3.78. The molecule has 2 aromatic rings. The summed E-state index contributed by atoms with van der Waals surface area (Å²) in [5.74, 6) is 0.672. The van der Waals surface area contributed by atoms with Crippen molar-refractivity contribution in [2.45, 2.75) is 26.0 Å². The monoisotopic (exact) mass is 365 g/mol. The smallest absolute Gasteiger partial charge is 0.228 e. The van der Waals surface area contributed by atoms with Gasteiger partial charge in [0, 0.05) is 31.9 Å². The SMILES string of the molecule is Cc1cccc(OC2CN(C(=O)C3CC(=O)N(Cc4cccnc4)C3)C2)c1. The van der Waals surface area contributed by atoms with Crippen molar-refractivity contribution < 1.29 is 14.3 Å². The molecule has 0 aliphatic carbocycles. The number of pyridine rings is 1. The molecular weight excluding hydrogens is 342 g/mol. The molecule has 2 aliphatic rings. The number of ether oxygens (including phenoxy) is 1. The number of amides is 2. The van der Waals surface area contributed by atoms with Crippen molar-refractivity contribution in [2.24, 2.45) is 5.92 Å². The Bertz CT molecular complexity index is 834. The van der Waals surface area contributed by atoms with Gasteiger partial charge in [-0.05, 0) is 36.2 Å². The lowest BCUT2D eigenvalue weighted by molar-refractivity contribution is -0.144. The van der Waals surface area contributed by atoms with Gasteiger partial charge in [0.25, 0.3) is 0 Å². The molecule has 1 aromatic carbocycles. The molecule has 3 heterocycles. The first kappa shape index (κ1) is 17.5. The van der Waals surface area contributed by atoms with Gasteiger partial charge in [0.1, 0.15) is 11.9 Å². The summed E-state index contributed by atoms with van der Waals surface area (Å²) in [7, 11) is 0. The number of aryl methyl sites for hydroxylation is 1. The maximum atomic E-state index is 12.7. The van der Waals surface area contributed by atoms with Crippen LogP contribution in [-0.4, -0.2) is 52.3 Å². The topological polar surface area (TPSA) is 62.7 Å². The van der Waals surface area contributed by atoms with Crippen LogP contribution in [0.15, 0.2) is 48.8 Å². The minimum absolute atomic E-state index is 0.0272. The third kappa shape index (κ3) is 3.94. The quantitative estimate of drug-likeness (QED) is 0.813. The van der Waals surface area contributed by atoms with Crippen LogP contribution in [0.4, 0.5) is 0 Å². The first-order chi connectivity index (χ1) is 13.1. The van der Waals surface area contributed by atoms with E-state index in [-0.39, 0.29) is 23.8 Å². The molecule has 4 rings (SSSR count). The molecule has 0 radical (unpaired) electrons. The summed E-state index contributed by atoms with van der Waals surface area (Å²) in [6, 6.07) is 11.7. The fourth-order valence-corrected chi connectivity index (χ4v) is 3.63. The van der Waals surface area contributed by atoms with Crippen LogP contribution >= 0.6 is 0 Å². The molecule has 2 fully saturated rings. The second kappa shape index (κ2) is 7.39. The molecule has 0 bridgehead atoms. The highest BCUT2D eigenvalue weighted by molar-refractivity contribution is 5.89. The lowest BCUT2D eigenvalue weighted by Gasteiger charge is -2.40. The van der Waals surface area contributed by atoms with E-state index in [0.29, 0.717) is 32.6 Å². The van der Waals surface area contributed by atoms with Gasteiger partial charge in [-0.2, -0.15) is 0 Å². The molecule has 0 spiro atoms. The predicted molar refractivity (Wildman–Crippen MR) is 99.9 cm³/mol. The molecular formula is C21H23N3O3. The highest BCUT2D eigenvalue weighted by Crippen LogP contribution is 2.26. The summed E-state index contributed by atoms with van der Waals surface area (Å²) in [5, 5.41) is 0. The van der Waals surface area contributed by atoms with Crippen LogP contribution in [-0.2, 0) is 16.1 Å². The number of aromatic nitrogens is 1. The molecule has 1 unspecified atom stereocenters. The summed E-state index contributed by atoms with van der Waals surface area (Å²) in [4.78, 5) is 32.6. The van der Waals surface area contributed by atoms with E-state index < -0.39 is 0 Å². The Kier molecular flexibility index (Phi) is 4.79. The summed E-state index contributed by atoms with van der Waals surface area (Å²) in [5.41, 5.74) is 2.13. The van der Waals surface area contributed by atoms with Gasteiger partial charge in [0.2, 0.25) is 11.8 Å². The van der Waals surface area contributed by atoms with Crippen LogP contribution in [0, 0.1) is 12.8 Å². The van der Waals surface area contributed by atoms with E-state index >= 15 is 0 Å². The molecule has 2 saturated heterocycles. The van der Waals surface area contributed by atoms with Gasteiger partial charge >= 0.3 is 0 Å². The zero-order chi connectivity index (χ0) is 18.8. The number of hydrogen-bond acceptors (Lipinski definition) is 4. The van der Waals surface area contributed by atoms with Crippen molar-refractivity contribution in [1.29, 1.82) is 0 Å². The zero-order valence-electron chi connectivity index (χ0n) is 15.4. The molecule has 27 heavy (non-hydrogen) atoms. The summed E-state index contributed by atoms with van der Waals surface area (Å²) >= 11 is 0. The van der Waals surface area contributed by atoms with Crippen LogP contribution in [0.1, 0.15) is 17.5 Å². The van der Waals surface area contributed by atoms with Gasteiger partial charge in [-0.25, -0.2) is 0 Å². The van der Waals surface area contributed by atoms with Crippen molar-refractivity contribution in [3.63, 3.8) is 0 Å². The average molecular weight is 365 g/mol. The number of carbonyl (C=O) groups is 2. The first-order valence-electron chi connectivity index (χ1n) is 9.27. The van der Waals surface area contributed by atoms with Crippen LogP contribution in [0.2, 0.25) is 0 Å². The maximum absolute atomic E-state index is 12.7. The maximum Gasteiger partial charge on any atom is 0.228 e. The number of benzene rings is 1. The van der Waals surface area contributed by atoms with E-state index in [0.717, 1.165) is 16.9 Å². The number of rotatable bonds is 5. The van der Waals surface area contributed by atoms with Crippen molar-refractivity contribution >= 4 is 11.8 Å². The Balaban J connectivity index is 1.28. The Hall–Kier alpha value is -2.89. The number of carbonyl (C=O) groups excluding carboxylic acids is 2. The Morgan fingerprint density at radius 2 is 2.07 bits per heavy atom. The van der Waals surface area contributed by atoms with E-state index in [1.807, 2.05) is 43.3 Å². The van der Waals surface area contributed by atoms with E-state index in [1.165, 1.54) is 0 Å². The lowest BCUT2D eigenvalue weighted by atomic mass is 10.0. The van der Waals surface area contributed by atoms with Crippen LogP contribution in [0.25, 0.3) is 0 Å². The van der Waals surface area contributed by atoms with Crippen molar-refractivity contribution in [3.05, 3.63) is 59.9 Å². The molecule has 2 amide bonds. The van der Waals surface area contributed by atoms with Crippen LogP contribution < -0.4 is 4.74 Å². The van der Waals surface area contributed by atoms with E-state index in [9.17, 15) is 9.59 Å². The first-order valence-corrected chi connectivity index (χ1v) is 9.27. The second-order valence-corrected chi connectivity index (χ2v) is 7.34. The van der Waals surface area contributed by atoms with E-state index in [1.54, 1.807) is 22.2 Å². The largest absolute Gasteiger partial charge is 0.487 e. The van der Waals surface area contributed by atoms with Crippen molar-refractivity contribution in [1.82, 2.24) is 14.8 Å².